The summed E-state index contributed by atoms with van der Waals surface area (Å²) in [5.74, 6) is -1.81. The molecule has 18 heavy (non-hydrogen) atoms. The van der Waals surface area contributed by atoms with Gasteiger partial charge in [0, 0.05) is 19.8 Å². The molecule has 1 fully saturated rings. The largest absolute Gasteiger partial charge is 0.481 e. The van der Waals surface area contributed by atoms with E-state index in [1.807, 2.05) is 6.92 Å². The van der Waals surface area contributed by atoms with Crippen molar-refractivity contribution >= 4 is 11.9 Å². The summed E-state index contributed by atoms with van der Waals surface area (Å²) in [6, 6.07) is 0. The molecule has 1 amide bonds. The number of aliphatic carboxylic acids is 1. The van der Waals surface area contributed by atoms with Crippen LogP contribution in [0.3, 0.4) is 0 Å². The zero-order valence-electron chi connectivity index (χ0n) is 11.0. The van der Waals surface area contributed by atoms with Crippen molar-refractivity contribution in [2.24, 2.45) is 11.8 Å². The second-order valence-electron chi connectivity index (χ2n) is 4.74. The van der Waals surface area contributed by atoms with E-state index in [4.69, 9.17) is 9.84 Å². The fourth-order valence-electron chi connectivity index (χ4n) is 2.33. The molecule has 1 saturated carbocycles. The summed E-state index contributed by atoms with van der Waals surface area (Å²) in [4.78, 5) is 22.8. The number of amides is 1. The smallest absolute Gasteiger partial charge is 0.307 e. The standard InChI is InChI=1S/C13H23NO4/c1-2-8-18-9-4-7-14-12(15)10-5-3-6-11(10)13(16)17/h10-11H,2-9H2,1H3,(H,14,15)(H,16,17)/t10-,11+/m1/s1. The van der Waals surface area contributed by atoms with Crippen LogP contribution in [-0.2, 0) is 14.3 Å². The van der Waals surface area contributed by atoms with E-state index in [-0.39, 0.29) is 11.8 Å². The zero-order valence-corrected chi connectivity index (χ0v) is 11.0. The first-order chi connectivity index (χ1) is 8.66. The van der Waals surface area contributed by atoms with Gasteiger partial charge >= 0.3 is 5.97 Å². The van der Waals surface area contributed by atoms with Gasteiger partial charge in [-0.2, -0.15) is 0 Å². The van der Waals surface area contributed by atoms with Crippen LogP contribution in [-0.4, -0.2) is 36.7 Å². The number of hydrogen-bond donors (Lipinski definition) is 2. The molecule has 5 nitrogen and oxygen atoms in total. The average molecular weight is 257 g/mol. The Labute approximate surface area is 108 Å². The van der Waals surface area contributed by atoms with Crippen LogP contribution in [0.2, 0.25) is 0 Å². The fourth-order valence-corrected chi connectivity index (χ4v) is 2.33. The van der Waals surface area contributed by atoms with Crippen LogP contribution in [0.1, 0.15) is 39.0 Å². The Bertz CT molecular complexity index is 280. The van der Waals surface area contributed by atoms with E-state index in [1.165, 1.54) is 0 Å². The van der Waals surface area contributed by atoms with Crippen LogP contribution in [0.25, 0.3) is 0 Å². The topological polar surface area (TPSA) is 75.6 Å². The number of ether oxygens (including phenoxy) is 1. The average Bonchev–Trinajstić information content (AvgIpc) is 2.82. The summed E-state index contributed by atoms with van der Waals surface area (Å²) in [5, 5.41) is 11.8. The molecule has 5 heteroatoms. The minimum atomic E-state index is -0.848. The van der Waals surface area contributed by atoms with Crippen LogP contribution < -0.4 is 5.32 Å². The van der Waals surface area contributed by atoms with E-state index < -0.39 is 11.9 Å². The molecule has 0 heterocycles. The Morgan fingerprint density at radius 2 is 2.00 bits per heavy atom. The van der Waals surface area contributed by atoms with Crippen molar-refractivity contribution in [2.45, 2.75) is 39.0 Å². The second-order valence-corrected chi connectivity index (χ2v) is 4.74. The maximum absolute atomic E-state index is 11.8. The molecule has 104 valence electrons. The summed E-state index contributed by atoms with van der Waals surface area (Å²) in [5.41, 5.74) is 0. The highest BCUT2D eigenvalue weighted by molar-refractivity contribution is 5.85. The van der Waals surface area contributed by atoms with Crippen LogP contribution >= 0.6 is 0 Å². The lowest BCUT2D eigenvalue weighted by Crippen LogP contribution is -2.36. The van der Waals surface area contributed by atoms with Gasteiger partial charge in [0.2, 0.25) is 5.91 Å². The molecule has 0 aliphatic heterocycles. The summed E-state index contributed by atoms with van der Waals surface area (Å²) >= 11 is 0. The van der Waals surface area contributed by atoms with Crippen LogP contribution in [0.4, 0.5) is 0 Å². The SMILES string of the molecule is CCCOCCCNC(=O)[C@@H]1CCC[C@@H]1C(=O)O. The quantitative estimate of drug-likeness (QED) is 0.645. The molecule has 0 saturated heterocycles. The van der Waals surface area contributed by atoms with E-state index in [0.717, 1.165) is 25.9 Å². The van der Waals surface area contributed by atoms with Crippen molar-refractivity contribution in [1.82, 2.24) is 5.32 Å². The van der Waals surface area contributed by atoms with E-state index in [1.54, 1.807) is 0 Å². The molecule has 0 aromatic heterocycles. The maximum atomic E-state index is 11.8. The first-order valence-corrected chi connectivity index (χ1v) is 6.75. The Morgan fingerprint density at radius 3 is 2.67 bits per heavy atom. The van der Waals surface area contributed by atoms with Gasteiger partial charge in [0.1, 0.15) is 0 Å². The van der Waals surface area contributed by atoms with Gasteiger partial charge < -0.3 is 15.2 Å². The predicted octanol–water partition coefficient (Wildman–Crippen LogP) is 1.42. The van der Waals surface area contributed by atoms with E-state index >= 15 is 0 Å². The lowest BCUT2D eigenvalue weighted by atomic mass is 9.95. The minimum Gasteiger partial charge on any atom is -0.481 e. The van der Waals surface area contributed by atoms with Crippen molar-refractivity contribution in [1.29, 1.82) is 0 Å². The van der Waals surface area contributed by atoms with Crippen molar-refractivity contribution in [3.05, 3.63) is 0 Å². The highest BCUT2D eigenvalue weighted by Gasteiger charge is 2.37. The van der Waals surface area contributed by atoms with Gasteiger partial charge in [-0.15, -0.1) is 0 Å². The number of carboxylic acids is 1. The van der Waals surface area contributed by atoms with Crippen molar-refractivity contribution < 1.29 is 19.4 Å². The lowest BCUT2D eigenvalue weighted by Gasteiger charge is -2.15. The number of carboxylic acid groups (broad SMARTS) is 1. The molecule has 0 unspecified atom stereocenters. The number of hydrogen-bond acceptors (Lipinski definition) is 3. The monoisotopic (exact) mass is 257 g/mol. The van der Waals surface area contributed by atoms with E-state index in [2.05, 4.69) is 5.32 Å². The highest BCUT2D eigenvalue weighted by Crippen LogP contribution is 2.31. The van der Waals surface area contributed by atoms with Crippen LogP contribution in [0.15, 0.2) is 0 Å². The Morgan fingerprint density at radius 1 is 1.28 bits per heavy atom. The van der Waals surface area contributed by atoms with Gasteiger partial charge in [0.05, 0.1) is 11.8 Å². The molecular formula is C13H23NO4. The first kappa shape index (κ1) is 15.0. The third-order valence-electron chi connectivity index (χ3n) is 3.28. The molecule has 1 rings (SSSR count). The molecule has 1 aliphatic rings. The third kappa shape index (κ3) is 4.64. The lowest BCUT2D eigenvalue weighted by molar-refractivity contribution is -0.146. The van der Waals surface area contributed by atoms with Gasteiger partial charge in [0.15, 0.2) is 0 Å². The molecule has 0 bridgehead atoms. The maximum Gasteiger partial charge on any atom is 0.307 e. The predicted molar refractivity (Wildman–Crippen MR) is 67.2 cm³/mol. The molecule has 0 aromatic rings. The summed E-state index contributed by atoms with van der Waals surface area (Å²) in [6.45, 7) is 4.00. The van der Waals surface area contributed by atoms with Crippen LogP contribution in [0.5, 0.6) is 0 Å². The Balaban J connectivity index is 2.18. The van der Waals surface area contributed by atoms with Gasteiger partial charge in [-0.05, 0) is 25.7 Å². The molecule has 2 atom stereocenters. The van der Waals surface area contributed by atoms with Crippen molar-refractivity contribution in [3.63, 3.8) is 0 Å². The number of nitrogens with one attached hydrogen (secondary N) is 1. The molecule has 0 spiro atoms. The molecule has 1 aliphatic carbocycles. The third-order valence-corrected chi connectivity index (χ3v) is 3.28. The highest BCUT2D eigenvalue weighted by atomic mass is 16.5. The summed E-state index contributed by atoms with van der Waals surface area (Å²) in [6.07, 6.45) is 3.90. The second kappa shape index (κ2) is 8.08. The minimum absolute atomic E-state index is 0.115. The number of carbonyl (C=O) groups excluding carboxylic acids is 1. The first-order valence-electron chi connectivity index (χ1n) is 6.75. The Hall–Kier alpha value is -1.10. The van der Waals surface area contributed by atoms with E-state index in [9.17, 15) is 9.59 Å². The number of rotatable bonds is 8. The van der Waals surface area contributed by atoms with Gasteiger partial charge in [-0.1, -0.05) is 13.3 Å². The normalized spacial score (nSPS) is 22.9. The molecular weight excluding hydrogens is 234 g/mol. The zero-order chi connectivity index (χ0) is 13.4. The number of carbonyl (C=O) groups is 2. The Kier molecular flexibility index (Phi) is 6.72. The van der Waals surface area contributed by atoms with Crippen LogP contribution in [0, 0.1) is 11.8 Å². The molecule has 0 radical (unpaired) electrons. The van der Waals surface area contributed by atoms with Crippen molar-refractivity contribution in [3.8, 4) is 0 Å². The fraction of sp³-hybridized carbons (Fsp3) is 0.846. The van der Waals surface area contributed by atoms with Gasteiger partial charge in [0.25, 0.3) is 0 Å². The summed E-state index contributed by atoms with van der Waals surface area (Å²) < 4.78 is 5.30. The molecule has 2 N–H and O–H groups in total. The summed E-state index contributed by atoms with van der Waals surface area (Å²) in [7, 11) is 0. The van der Waals surface area contributed by atoms with E-state index in [0.29, 0.717) is 26.0 Å². The van der Waals surface area contributed by atoms with Gasteiger partial charge in [-0.3, -0.25) is 9.59 Å². The van der Waals surface area contributed by atoms with Crippen molar-refractivity contribution in [2.75, 3.05) is 19.8 Å². The molecule has 0 aromatic carbocycles. The van der Waals surface area contributed by atoms with Gasteiger partial charge in [-0.25, -0.2) is 0 Å².